The number of nitrogens with zero attached hydrogens (tertiary/aromatic N) is 4. The molecule has 0 aliphatic carbocycles. The van der Waals surface area contributed by atoms with Gasteiger partial charge >= 0.3 is 0 Å². The molecule has 6 rings (SSSR count). The average Bonchev–Trinajstić information content (AvgIpc) is 3.54. The van der Waals surface area contributed by atoms with E-state index in [4.69, 9.17) is 17.2 Å². The van der Waals surface area contributed by atoms with Gasteiger partial charge in [0.05, 0.1) is 27.6 Å². The van der Waals surface area contributed by atoms with Gasteiger partial charge in [0, 0.05) is 18.1 Å². The molecule has 5 aromatic rings. The quantitative estimate of drug-likeness (QED) is 0.306. The molecular weight excluding hydrogens is 458 g/mol. The first-order valence-electron chi connectivity index (χ1n) is 11.2. The Morgan fingerprint density at radius 1 is 0.941 bits per heavy atom. The molecule has 1 fully saturated rings. The smallest absolute Gasteiger partial charge is 0.194 e. The molecule has 0 spiro atoms. The Bertz CT molecular complexity index is 1450. The van der Waals surface area contributed by atoms with Crippen LogP contribution in [0.5, 0.6) is 0 Å². The fraction of sp³-hybridized carbons (Fsp3) is 0.148. The van der Waals surface area contributed by atoms with Crippen LogP contribution in [-0.2, 0) is 0 Å². The molecule has 0 amide bonds. The van der Waals surface area contributed by atoms with Crippen molar-refractivity contribution in [2.45, 2.75) is 25.9 Å². The van der Waals surface area contributed by atoms with Gasteiger partial charge in [0.25, 0.3) is 0 Å². The van der Waals surface area contributed by atoms with Crippen LogP contribution in [0.3, 0.4) is 0 Å². The molecule has 0 saturated carbocycles. The van der Waals surface area contributed by atoms with Gasteiger partial charge in [-0.15, -0.1) is 0 Å². The number of aryl methyl sites for hydroxylation is 2. The van der Waals surface area contributed by atoms with Crippen molar-refractivity contribution in [2.24, 2.45) is 0 Å². The summed E-state index contributed by atoms with van der Waals surface area (Å²) in [5.74, 6) is 0. The molecule has 0 radical (unpaired) electrons. The lowest BCUT2D eigenvalue weighted by atomic mass is 10.0. The second-order valence-corrected chi connectivity index (χ2v) is 10.0. The molecule has 5 nitrogen and oxygen atoms in total. The first-order chi connectivity index (χ1) is 16.6. The summed E-state index contributed by atoms with van der Waals surface area (Å²) in [5, 5.41) is 5.21. The van der Waals surface area contributed by atoms with Gasteiger partial charge in [0.2, 0.25) is 0 Å². The Balaban J connectivity index is 1.53. The molecule has 34 heavy (non-hydrogen) atoms. The average molecular weight is 482 g/mol. The molecule has 1 saturated heterocycles. The number of para-hydroxylation sites is 1. The summed E-state index contributed by atoms with van der Waals surface area (Å²) < 4.78 is 3.36. The topological polar surface area (TPSA) is 46.0 Å². The van der Waals surface area contributed by atoms with Crippen LogP contribution in [0.1, 0.15) is 34.6 Å². The number of aromatic nitrogens is 3. The van der Waals surface area contributed by atoms with Crippen LogP contribution in [-0.4, -0.2) is 19.6 Å². The van der Waals surface area contributed by atoms with E-state index in [9.17, 15) is 0 Å². The number of fused-ring (bicyclic) bond motifs is 1. The standard InChI is InChI=1S/C27H23N5S2/c1-17-14-18(2)16-19(15-17)32-25(24(30-26(32)33)21-9-5-6-12-28-21)22-10-7-13-31(22)27-29-20-8-3-4-11-23(20)34-27/h3-16,24-25H,1-2H3,(H,30,33)/t24-,25+/m1/s1. The third kappa shape index (κ3) is 3.57. The van der Waals surface area contributed by atoms with Gasteiger partial charge in [-0.25, -0.2) is 4.98 Å². The fourth-order valence-corrected chi connectivity index (χ4v) is 6.11. The molecule has 0 unspecified atom stereocenters. The van der Waals surface area contributed by atoms with Crippen molar-refractivity contribution in [1.29, 1.82) is 0 Å². The SMILES string of the molecule is Cc1cc(C)cc(N2C(=S)N[C@H](c3ccccn3)[C@@H]2c2cccn2-c2nc3ccccc3s2)c1. The minimum atomic E-state index is -0.0995. The monoisotopic (exact) mass is 481 g/mol. The molecule has 1 N–H and O–H groups in total. The maximum atomic E-state index is 5.91. The molecule has 2 atom stereocenters. The Labute approximate surface area is 207 Å². The van der Waals surface area contributed by atoms with E-state index < -0.39 is 0 Å². The molecule has 3 aromatic heterocycles. The maximum Gasteiger partial charge on any atom is 0.194 e. The lowest BCUT2D eigenvalue weighted by molar-refractivity contribution is 0.549. The van der Waals surface area contributed by atoms with Crippen LogP contribution in [0.25, 0.3) is 15.3 Å². The molecular formula is C27H23N5S2. The number of nitrogens with one attached hydrogen (secondary N) is 1. The molecule has 1 aliphatic rings. The summed E-state index contributed by atoms with van der Waals surface area (Å²) in [6.45, 7) is 4.25. The van der Waals surface area contributed by atoms with E-state index in [2.05, 4.69) is 94.4 Å². The first-order valence-corrected chi connectivity index (χ1v) is 12.4. The van der Waals surface area contributed by atoms with E-state index in [1.54, 1.807) is 11.3 Å². The number of thiocarbonyl (C=S) groups is 1. The molecule has 0 bridgehead atoms. The molecule has 7 heteroatoms. The highest BCUT2D eigenvalue weighted by Gasteiger charge is 2.42. The number of hydrogen-bond donors (Lipinski definition) is 1. The van der Waals surface area contributed by atoms with Gasteiger partial charge in [-0.05, 0) is 85.7 Å². The van der Waals surface area contributed by atoms with Crippen LogP contribution in [0.4, 0.5) is 5.69 Å². The van der Waals surface area contributed by atoms with Crippen molar-refractivity contribution < 1.29 is 0 Å². The van der Waals surface area contributed by atoms with E-state index in [0.717, 1.165) is 27.7 Å². The second-order valence-electron chi connectivity index (χ2n) is 8.61. The summed E-state index contributed by atoms with van der Waals surface area (Å²) in [4.78, 5) is 11.8. The highest BCUT2D eigenvalue weighted by molar-refractivity contribution is 7.80. The zero-order valence-electron chi connectivity index (χ0n) is 18.8. The highest BCUT2D eigenvalue weighted by atomic mass is 32.1. The largest absolute Gasteiger partial charge is 0.351 e. The first kappa shape index (κ1) is 21.0. The van der Waals surface area contributed by atoms with Crippen molar-refractivity contribution in [1.82, 2.24) is 19.9 Å². The number of thiazole rings is 1. The number of benzene rings is 2. The third-order valence-electron chi connectivity index (χ3n) is 6.15. The number of rotatable bonds is 4. The zero-order valence-corrected chi connectivity index (χ0v) is 20.5. The predicted molar refractivity (Wildman–Crippen MR) is 143 cm³/mol. The third-order valence-corrected chi connectivity index (χ3v) is 7.50. The Kier molecular flexibility index (Phi) is 5.16. The molecule has 168 valence electrons. The van der Waals surface area contributed by atoms with Crippen LogP contribution in [0, 0.1) is 13.8 Å². The van der Waals surface area contributed by atoms with Crippen molar-refractivity contribution >= 4 is 44.6 Å². The van der Waals surface area contributed by atoms with Crippen LogP contribution in [0.15, 0.2) is 85.2 Å². The second kappa shape index (κ2) is 8.34. The lowest BCUT2D eigenvalue weighted by Gasteiger charge is -2.29. The van der Waals surface area contributed by atoms with Crippen LogP contribution < -0.4 is 10.2 Å². The predicted octanol–water partition coefficient (Wildman–Crippen LogP) is 6.28. The van der Waals surface area contributed by atoms with Crippen molar-refractivity contribution in [2.75, 3.05) is 4.90 Å². The van der Waals surface area contributed by atoms with Crippen LogP contribution in [0.2, 0.25) is 0 Å². The van der Waals surface area contributed by atoms with E-state index in [1.165, 1.54) is 15.8 Å². The van der Waals surface area contributed by atoms with Crippen molar-refractivity contribution in [3.05, 3.63) is 108 Å². The van der Waals surface area contributed by atoms with Gasteiger partial charge in [0.15, 0.2) is 10.2 Å². The van der Waals surface area contributed by atoms with Crippen molar-refractivity contribution in [3.63, 3.8) is 0 Å². The summed E-state index contributed by atoms with van der Waals surface area (Å²) in [6, 6.07) is 24.9. The Hall–Kier alpha value is -3.55. The normalized spacial score (nSPS) is 17.9. The van der Waals surface area contributed by atoms with Crippen LogP contribution >= 0.6 is 23.6 Å². The lowest BCUT2D eigenvalue weighted by Crippen LogP contribution is -2.30. The van der Waals surface area contributed by atoms with E-state index in [1.807, 2.05) is 24.4 Å². The van der Waals surface area contributed by atoms with Gasteiger partial charge in [-0.3, -0.25) is 9.55 Å². The number of anilines is 1. The summed E-state index contributed by atoms with van der Waals surface area (Å²) >= 11 is 7.61. The maximum absolute atomic E-state index is 5.91. The van der Waals surface area contributed by atoms with E-state index >= 15 is 0 Å². The molecule has 4 heterocycles. The number of hydrogen-bond acceptors (Lipinski definition) is 4. The van der Waals surface area contributed by atoms with Gasteiger partial charge in [0.1, 0.15) is 6.04 Å². The minimum absolute atomic E-state index is 0.0920. The summed E-state index contributed by atoms with van der Waals surface area (Å²) in [6.07, 6.45) is 3.92. The molecule has 1 aliphatic heterocycles. The van der Waals surface area contributed by atoms with E-state index in [0.29, 0.717) is 5.11 Å². The molecule has 2 aromatic carbocycles. The number of pyridine rings is 1. The highest BCUT2D eigenvalue weighted by Crippen LogP contribution is 2.43. The Morgan fingerprint density at radius 3 is 2.50 bits per heavy atom. The zero-order chi connectivity index (χ0) is 23.2. The fourth-order valence-electron chi connectivity index (χ4n) is 4.80. The van der Waals surface area contributed by atoms with E-state index in [-0.39, 0.29) is 12.1 Å². The van der Waals surface area contributed by atoms with Gasteiger partial charge in [-0.1, -0.05) is 35.6 Å². The summed E-state index contributed by atoms with van der Waals surface area (Å²) in [7, 11) is 0. The van der Waals surface area contributed by atoms with Gasteiger partial charge in [-0.2, -0.15) is 0 Å². The van der Waals surface area contributed by atoms with Gasteiger partial charge < -0.3 is 10.2 Å². The van der Waals surface area contributed by atoms with Crippen molar-refractivity contribution in [3.8, 4) is 5.13 Å². The Morgan fingerprint density at radius 2 is 1.74 bits per heavy atom. The minimum Gasteiger partial charge on any atom is -0.351 e. The summed E-state index contributed by atoms with van der Waals surface area (Å²) in [5.41, 5.74) is 6.57.